The Bertz CT molecular complexity index is 682. The van der Waals surface area contributed by atoms with Crippen molar-refractivity contribution >= 4 is 33.3 Å². The fourth-order valence-electron chi connectivity index (χ4n) is 2.91. The van der Waals surface area contributed by atoms with Crippen LogP contribution in [-0.2, 0) is 0 Å². The van der Waals surface area contributed by atoms with E-state index < -0.39 is 0 Å². The highest BCUT2D eigenvalue weighted by atomic mass is 79.9. The smallest absolute Gasteiger partial charge is 0.275 e. The van der Waals surface area contributed by atoms with E-state index in [1.165, 1.54) is 44.7 Å². The van der Waals surface area contributed by atoms with Gasteiger partial charge >= 0.3 is 0 Å². The fraction of sp³-hybridized carbons (Fsp3) is 0.389. The minimum atomic E-state index is -0.262. The summed E-state index contributed by atoms with van der Waals surface area (Å²) in [4.78, 5) is 20.8. The van der Waals surface area contributed by atoms with E-state index in [0.29, 0.717) is 11.7 Å². The number of anilines is 2. The van der Waals surface area contributed by atoms with Gasteiger partial charge in [0.1, 0.15) is 11.5 Å². The van der Waals surface area contributed by atoms with Gasteiger partial charge in [-0.15, -0.1) is 0 Å². The van der Waals surface area contributed by atoms with E-state index in [2.05, 4.69) is 36.5 Å². The van der Waals surface area contributed by atoms with Crippen LogP contribution in [0.5, 0.6) is 0 Å². The average molecular weight is 389 g/mol. The van der Waals surface area contributed by atoms with E-state index in [0.717, 1.165) is 16.0 Å². The van der Waals surface area contributed by atoms with Crippen molar-refractivity contribution < 1.29 is 4.79 Å². The van der Waals surface area contributed by atoms with Crippen LogP contribution < -0.4 is 10.6 Å². The third kappa shape index (κ3) is 4.77. The second-order valence-electron chi connectivity index (χ2n) is 6.08. The number of halogens is 1. The van der Waals surface area contributed by atoms with Gasteiger partial charge in [0.2, 0.25) is 0 Å². The maximum Gasteiger partial charge on any atom is 0.275 e. The molecule has 0 unspecified atom stereocenters. The van der Waals surface area contributed by atoms with Crippen molar-refractivity contribution in [1.82, 2.24) is 9.97 Å². The molecule has 0 bridgehead atoms. The molecule has 1 aromatic carbocycles. The Morgan fingerprint density at radius 2 is 1.88 bits per heavy atom. The molecule has 1 aliphatic carbocycles. The van der Waals surface area contributed by atoms with Gasteiger partial charge < -0.3 is 10.6 Å². The number of carbonyl (C=O) groups is 1. The Morgan fingerprint density at radius 1 is 1.08 bits per heavy atom. The molecule has 1 fully saturated rings. The lowest BCUT2D eigenvalue weighted by Gasteiger charge is -2.16. The maximum absolute atomic E-state index is 12.2. The molecule has 1 heterocycles. The van der Waals surface area contributed by atoms with Gasteiger partial charge in [0.05, 0.1) is 12.4 Å². The van der Waals surface area contributed by atoms with Crippen LogP contribution in [-0.4, -0.2) is 21.9 Å². The van der Waals surface area contributed by atoms with Crippen molar-refractivity contribution in [2.45, 2.75) is 44.6 Å². The molecular weight excluding hydrogens is 368 g/mol. The van der Waals surface area contributed by atoms with Gasteiger partial charge in [-0.25, -0.2) is 9.97 Å². The molecule has 5 nitrogen and oxygen atoms in total. The minimum absolute atomic E-state index is 0.262. The third-order valence-corrected chi connectivity index (χ3v) is 4.67. The Balaban J connectivity index is 1.60. The van der Waals surface area contributed by atoms with Crippen LogP contribution in [0.2, 0.25) is 0 Å². The summed E-state index contributed by atoms with van der Waals surface area (Å²) in [5, 5.41) is 6.25. The van der Waals surface area contributed by atoms with Gasteiger partial charge in [-0.3, -0.25) is 4.79 Å². The summed E-state index contributed by atoms with van der Waals surface area (Å²) in [6, 6.07) is 7.91. The summed E-state index contributed by atoms with van der Waals surface area (Å²) in [6.45, 7) is 0. The van der Waals surface area contributed by atoms with Gasteiger partial charge in [0.15, 0.2) is 0 Å². The number of nitrogens with zero attached hydrogens (tertiary/aromatic N) is 2. The SMILES string of the molecule is O=C(Nc1cccc(Br)c1)c1cnc(NC2CCCCCC2)cn1. The van der Waals surface area contributed by atoms with Crippen LogP contribution >= 0.6 is 15.9 Å². The van der Waals surface area contributed by atoms with Crippen molar-refractivity contribution in [3.8, 4) is 0 Å². The second-order valence-corrected chi connectivity index (χ2v) is 7.00. The standard InChI is InChI=1S/C18H21BrN4O/c19-13-6-5-9-15(10-13)23-18(24)16-11-21-17(12-20-16)22-14-7-3-1-2-4-8-14/h5-6,9-12,14H,1-4,7-8H2,(H,21,22)(H,23,24). The highest BCUT2D eigenvalue weighted by molar-refractivity contribution is 9.10. The number of hydrogen-bond donors (Lipinski definition) is 2. The molecular formula is C18H21BrN4O. The van der Waals surface area contributed by atoms with Crippen LogP contribution in [0.25, 0.3) is 0 Å². The van der Waals surface area contributed by atoms with Crippen molar-refractivity contribution in [2.24, 2.45) is 0 Å². The molecule has 126 valence electrons. The number of benzene rings is 1. The average Bonchev–Trinajstić information content (AvgIpc) is 2.84. The summed E-state index contributed by atoms with van der Waals surface area (Å²) in [5.74, 6) is 0.475. The highest BCUT2D eigenvalue weighted by Gasteiger charge is 2.13. The number of hydrogen-bond acceptors (Lipinski definition) is 4. The molecule has 2 N–H and O–H groups in total. The van der Waals surface area contributed by atoms with Gasteiger partial charge in [-0.1, -0.05) is 47.7 Å². The first-order valence-corrected chi connectivity index (χ1v) is 9.15. The number of rotatable bonds is 4. The molecule has 0 spiro atoms. The Morgan fingerprint density at radius 3 is 2.54 bits per heavy atom. The molecule has 0 aliphatic heterocycles. The lowest BCUT2D eigenvalue weighted by molar-refractivity contribution is 0.102. The Hall–Kier alpha value is -1.95. The summed E-state index contributed by atoms with van der Waals surface area (Å²) < 4.78 is 0.911. The molecule has 3 rings (SSSR count). The zero-order valence-electron chi connectivity index (χ0n) is 13.5. The molecule has 0 radical (unpaired) electrons. The monoisotopic (exact) mass is 388 g/mol. The molecule has 1 amide bonds. The summed E-state index contributed by atoms with van der Waals surface area (Å²) in [5.41, 5.74) is 1.03. The van der Waals surface area contributed by atoms with Crippen molar-refractivity contribution in [1.29, 1.82) is 0 Å². The molecule has 0 atom stereocenters. The Labute approximate surface area is 150 Å². The van der Waals surface area contributed by atoms with Gasteiger partial charge in [0, 0.05) is 16.2 Å². The van der Waals surface area contributed by atoms with Crippen molar-refractivity contribution in [2.75, 3.05) is 10.6 Å². The van der Waals surface area contributed by atoms with Crippen LogP contribution in [0.3, 0.4) is 0 Å². The van der Waals surface area contributed by atoms with Crippen LogP contribution in [0.4, 0.5) is 11.5 Å². The van der Waals surface area contributed by atoms with E-state index in [9.17, 15) is 4.79 Å². The van der Waals surface area contributed by atoms with E-state index in [4.69, 9.17) is 0 Å². The van der Waals surface area contributed by atoms with E-state index >= 15 is 0 Å². The zero-order valence-corrected chi connectivity index (χ0v) is 15.1. The van der Waals surface area contributed by atoms with Gasteiger partial charge in [-0.05, 0) is 31.0 Å². The molecule has 1 aliphatic rings. The molecule has 24 heavy (non-hydrogen) atoms. The summed E-state index contributed by atoms with van der Waals surface area (Å²) >= 11 is 3.38. The predicted molar refractivity (Wildman–Crippen MR) is 99.2 cm³/mol. The predicted octanol–water partition coefficient (Wildman–Crippen LogP) is 4.63. The van der Waals surface area contributed by atoms with Crippen LogP contribution in [0.15, 0.2) is 41.1 Å². The van der Waals surface area contributed by atoms with Crippen LogP contribution in [0, 0.1) is 0 Å². The minimum Gasteiger partial charge on any atom is -0.366 e. The number of aromatic nitrogens is 2. The van der Waals surface area contributed by atoms with E-state index in [1.807, 2.05) is 24.3 Å². The summed E-state index contributed by atoms with van der Waals surface area (Å²) in [7, 11) is 0. The maximum atomic E-state index is 12.2. The lowest BCUT2D eigenvalue weighted by atomic mass is 10.1. The number of carbonyl (C=O) groups excluding carboxylic acids is 1. The first-order valence-electron chi connectivity index (χ1n) is 8.36. The molecule has 1 aromatic heterocycles. The van der Waals surface area contributed by atoms with Crippen molar-refractivity contribution in [3.05, 3.63) is 46.8 Å². The molecule has 1 saturated carbocycles. The van der Waals surface area contributed by atoms with E-state index in [-0.39, 0.29) is 5.91 Å². The topological polar surface area (TPSA) is 66.9 Å². The zero-order chi connectivity index (χ0) is 16.8. The fourth-order valence-corrected chi connectivity index (χ4v) is 3.31. The van der Waals surface area contributed by atoms with Gasteiger partial charge in [0.25, 0.3) is 5.91 Å². The highest BCUT2D eigenvalue weighted by Crippen LogP contribution is 2.20. The lowest BCUT2D eigenvalue weighted by Crippen LogP contribution is -2.20. The summed E-state index contributed by atoms with van der Waals surface area (Å²) in [6.07, 6.45) is 10.7. The van der Waals surface area contributed by atoms with Gasteiger partial charge in [-0.2, -0.15) is 0 Å². The first-order chi connectivity index (χ1) is 11.7. The van der Waals surface area contributed by atoms with Crippen LogP contribution in [0.1, 0.15) is 49.0 Å². The number of amides is 1. The van der Waals surface area contributed by atoms with Crippen molar-refractivity contribution in [3.63, 3.8) is 0 Å². The largest absolute Gasteiger partial charge is 0.366 e. The first kappa shape index (κ1) is 16.9. The molecule has 2 aromatic rings. The number of nitrogens with one attached hydrogen (secondary N) is 2. The normalized spacial score (nSPS) is 15.5. The van der Waals surface area contributed by atoms with E-state index in [1.54, 1.807) is 6.20 Å². The quantitative estimate of drug-likeness (QED) is 0.749. The molecule has 6 heteroatoms. The Kier molecular flexibility index (Phi) is 5.80. The third-order valence-electron chi connectivity index (χ3n) is 4.17. The molecule has 0 saturated heterocycles. The second kappa shape index (κ2) is 8.24.